The fourth-order valence-corrected chi connectivity index (χ4v) is 2.94. The minimum atomic E-state index is 0.555. The second kappa shape index (κ2) is 5.40. The Bertz CT molecular complexity index is 211. The highest BCUT2D eigenvalue weighted by atomic mass is 19.3. The summed E-state index contributed by atoms with van der Waals surface area (Å²) < 4.78 is 12.0. The molecule has 2 aliphatic heterocycles. The normalized spacial score (nSPS) is 35.4. The van der Waals surface area contributed by atoms with Gasteiger partial charge in [-0.1, -0.05) is 5.04 Å². The predicted octanol–water partition coefficient (Wildman–Crippen LogP) is 0.949. The van der Waals surface area contributed by atoms with Crippen LogP contribution in [0.5, 0.6) is 0 Å². The Hall–Kier alpha value is -0.230. The van der Waals surface area contributed by atoms with Gasteiger partial charge in [-0.05, 0) is 31.2 Å². The Kier molecular flexibility index (Phi) is 4.13. The Morgan fingerprint density at radius 3 is 2.19 bits per heavy atom. The maximum atomic E-state index is 12.0. The number of nitrogens with zero attached hydrogens (tertiary/aromatic N) is 2. The maximum absolute atomic E-state index is 12.0. The summed E-state index contributed by atoms with van der Waals surface area (Å²) in [4.78, 5) is 2.54. The fourth-order valence-electron chi connectivity index (χ4n) is 2.94. The van der Waals surface area contributed by atoms with Crippen molar-refractivity contribution in [2.24, 2.45) is 0 Å². The summed E-state index contributed by atoms with van der Waals surface area (Å²) in [5, 5.41) is 8.71. The van der Waals surface area contributed by atoms with Crippen LogP contribution < -0.4 is 5.32 Å². The van der Waals surface area contributed by atoms with Crippen LogP contribution >= 0.6 is 0 Å². The van der Waals surface area contributed by atoms with E-state index in [9.17, 15) is 4.53 Å². The van der Waals surface area contributed by atoms with E-state index in [2.05, 4.69) is 29.1 Å². The third kappa shape index (κ3) is 2.91. The van der Waals surface area contributed by atoms with Gasteiger partial charge in [0.2, 0.25) is 0 Å². The average molecular weight is 231 g/mol. The molecule has 4 nitrogen and oxygen atoms in total. The van der Waals surface area contributed by atoms with Crippen molar-refractivity contribution in [2.45, 2.75) is 44.8 Å². The summed E-state index contributed by atoms with van der Waals surface area (Å²) in [6.07, 6.45) is 2.01. The SMILES string of the molecule is CC1CN(C2CCN(OF)CC2)CC(C)N1. The van der Waals surface area contributed by atoms with Crippen molar-refractivity contribution in [3.05, 3.63) is 0 Å². The molecule has 0 spiro atoms. The summed E-state index contributed by atoms with van der Waals surface area (Å²) >= 11 is 0. The first-order valence-corrected chi connectivity index (χ1v) is 6.23. The summed E-state index contributed by atoms with van der Waals surface area (Å²) in [6, 6.07) is 1.71. The number of piperazine rings is 1. The minimum Gasteiger partial charge on any atom is -0.309 e. The summed E-state index contributed by atoms with van der Waals surface area (Å²) in [6.45, 7) is 8.06. The molecule has 0 aromatic rings. The van der Waals surface area contributed by atoms with E-state index in [1.807, 2.05) is 0 Å². The van der Waals surface area contributed by atoms with E-state index in [1.165, 1.54) is 5.06 Å². The minimum absolute atomic E-state index is 0.555. The van der Waals surface area contributed by atoms with Gasteiger partial charge in [0.05, 0.1) is 0 Å². The Morgan fingerprint density at radius 1 is 1.12 bits per heavy atom. The topological polar surface area (TPSA) is 27.7 Å². The van der Waals surface area contributed by atoms with Gasteiger partial charge in [0.1, 0.15) is 0 Å². The Morgan fingerprint density at radius 2 is 1.69 bits per heavy atom. The van der Waals surface area contributed by atoms with Gasteiger partial charge in [-0.2, -0.15) is 5.06 Å². The fraction of sp³-hybridized carbons (Fsp3) is 1.00. The van der Waals surface area contributed by atoms with Gasteiger partial charge >= 0.3 is 0 Å². The number of hydrogen-bond donors (Lipinski definition) is 1. The van der Waals surface area contributed by atoms with Gasteiger partial charge in [0, 0.05) is 44.3 Å². The number of hydroxylamine groups is 2. The first-order chi connectivity index (χ1) is 7.69. The molecule has 2 unspecified atom stereocenters. The smallest absolute Gasteiger partial charge is 0.0288 e. The van der Waals surface area contributed by atoms with Gasteiger partial charge in [-0.25, -0.2) is 0 Å². The molecule has 2 rings (SSSR count). The zero-order chi connectivity index (χ0) is 11.5. The molecule has 1 N–H and O–H groups in total. The first-order valence-electron chi connectivity index (χ1n) is 6.23. The number of piperidine rings is 1. The first kappa shape index (κ1) is 12.2. The molecule has 2 heterocycles. The van der Waals surface area contributed by atoms with E-state index in [4.69, 9.17) is 0 Å². The summed E-state index contributed by atoms with van der Waals surface area (Å²) in [7, 11) is 0. The average Bonchev–Trinajstić information content (AvgIpc) is 2.28. The monoisotopic (exact) mass is 231 g/mol. The molecule has 0 bridgehead atoms. The third-order valence-corrected chi connectivity index (χ3v) is 3.62. The number of nitrogens with one attached hydrogen (secondary N) is 1. The lowest BCUT2D eigenvalue weighted by Crippen LogP contribution is -2.58. The molecule has 2 atom stereocenters. The summed E-state index contributed by atoms with van der Waals surface area (Å²) in [5.41, 5.74) is 0. The molecule has 2 saturated heterocycles. The van der Waals surface area contributed by atoms with Gasteiger partial charge in [0.15, 0.2) is 0 Å². The van der Waals surface area contributed by atoms with Crippen molar-refractivity contribution in [1.82, 2.24) is 15.3 Å². The van der Waals surface area contributed by atoms with Crippen LogP contribution in [0.25, 0.3) is 0 Å². The van der Waals surface area contributed by atoms with Crippen LogP contribution in [0.3, 0.4) is 0 Å². The quantitative estimate of drug-likeness (QED) is 0.766. The van der Waals surface area contributed by atoms with Crippen LogP contribution in [0.2, 0.25) is 0 Å². The molecule has 0 amide bonds. The van der Waals surface area contributed by atoms with Crippen molar-refractivity contribution in [1.29, 1.82) is 0 Å². The molecule has 5 heteroatoms. The number of halogens is 1. The molecular formula is C11H22FN3O. The maximum Gasteiger partial charge on any atom is 0.0288 e. The predicted molar refractivity (Wildman–Crippen MR) is 60.4 cm³/mol. The molecule has 0 aliphatic carbocycles. The molecular weight excluding hydrogens is 209 g/mol. The van der Waals surface area contributed by atoms with Crippen LogP contribution in [0.1, 0.15) is 26.7 Å². The molecule has 0 saturated carbocycles. The van der Waals surface area contributed by atoms with Crippen molar-refractivity contribution < 1.29 is 9.57 Å². The lowest BCUT2D eigenvalue weighted by atomic mass is 10.0. The highest BCUT2D eigenvalue weighted by Gasteiger charge is 2.29. The van der Waals surface area contributed by atoms with E-state index < -0.39 is 0 Å². The molecule has 0 radical (unpaired) electrons. The lowest BCUT2D eigenvalue weighted by molar-refractivity contribution is -0.328. The highest BCUT2D eigenvalue weighted by Crippen LogP contribution is 2.19. The number of rotatable bonds is 2. The summed E-state index contributed by atoms with van der Waals surface area (Å²) in [5.74, 6) is 0. The molecule has 0 aromatic carbocycles. The molecule has 94 valence electrons. The van der Waals surface area contributed by atoms with Gasteiger partial charge in [-0.3, -0.25) is 4.90 Å². The number of hydrogen-bond acceptors (Lipinski definition) is 4. The second-order valence-corrected chi connectivity index (χ2v) is 5.15. The van der Waals surface area contributed by atoms with E-state index in [0.29, 0.717) is 31.2 Å². The standard InChI is InChI=1S/C11H22FN3O/c1-9-7-14(8-10(2)13-9)11-3-5-15(16-12)6-4-11/h9-11,13H,3-8H2,1-2H3. The Balaban J connectivity index is 1.83. The van der Waals surface area contributed by atoms with Crippen LogP contribution in [-0.4, -0.2) is 54.3 Å². The van der Waals surface area contributed by atoms with Crippen LogP contribution in [0, 0.1) is 0 Å². The van der Waals surface area contributed by atoms with E-state index in [1.54, 1.807) is 0 Å². The van der Waals surface area contributed by atoms with Crippen molar-refractivity contribution >= 4 is 0 Å². The second-order valence-electron chi connectivity index (χ2n) is 5.15. The zero-order valence-electron chi connectivity index (χ0n) is 10.2. The molecule has 0 aromatic heterocycles. The molecule has 2 aliphatic rings. The zero-order valence-corrected chi connectivity index (χ0v) is 10.2. The highest BCUT2D eigenvalue weighted by molar-refractivity contribution is 4.87. The van der Waals surface area contributed by atoms with Crippen LogP contribution in [0.15, 0.2) is 0 Å². The largest absolute Gasteiger partial charge is 0.309 e. The van der Waals surface area contributed by atoms with Gasteiger partial charge < -0.3 is 5.32 Å². The van der Waals surface area contributed by atoms with E-state index in [0.717, 1.165) is 25.9 Å². The van der Waals surface area contributed by atoms with E-state index >= 15 is 0 Å². The lowest BCUT2D eigenvalue weighted by Gasteiger charge is -2.43. The van der Waals surface area contributed by atoms with Crippen molar-refractivity contribution in [2.75, 3.05) is 26.2 Å². The van der Waals surface area contributed by atoms with Crippen molar-refractivity contribution in [3.63, 3.8) is 0 Å². The van der Waals surface area contributed by atoms with Crippen LogP contribution in [0.4, 0.5) is 4.53 Å². The third-order valence-electron chi connectivity index (χ3n) is 3.62. The van der Waals surface area contributed by atoms with Gasteiger partial charge in [0.25, 0.3) is 0 Å². The van der Waals surface area contributed by atoms with Gasteiger partial charge in [-0.15, -0.1) is 0 Å². The van der Waals surface area contributed by atoms with Crippen LogP contribution in [-0.2, 0) is 5.04 Å². The van der Waals surface area contributed by atoms with Crippen molar-refractivity contribution in [3.8, 4) is 0 Å². The molecule has 2 fully saturated rings. The van der Waals surface area contributed by atoms with E-state index in [-0.39, 0.29) is 0 Å². The molecule has 16 heavy (non-hydrogen) atoms. The Labute approximate surface area is 96.6 Å².